The van der Waals surface area contributed by atoms with Crippen LogP contribution in [-0.2, 0) is 4.74 Å². The van der Waals surface area contributed by atoms with Crippen LogP contribution in [0.4, 0.5) is 4.39 Å². The lowest BCUT2D eigenvalue weighted by atomic mass is 9.82. The Morgan fingerprint density at radius 3 is 2.41 bits per heavy atom. The van der Waals surface area contributed by atoms with Gasteiger partial charge in [-0.2, -0.15) is 10.5 Å². The summed E-state index contributed by atoms with van der Waals surface area (Å²) in [4.78, 5) is 3.14. The number of fused-ring (bicyclic) bond motifs is 1. The standard InChI is InChI=1S/C21H13FN4O/c22-13-7-5-12(6-8-13)19-15(9-23)20(27-21(25)16(19)10-24)17-11-26-18-4-2-1-3-14(17)18/h1-8,11,19,26H,25H2. The predicted molar refractivity (Wildman–Crippen MR) is 97.9 cm³/mol. The first-order chi connectivity index (χ1) is 13.1. The summed E-state index contributed by atoms with van der Waals surface area (Å²) in [5.74, 6) is -0.898. The van der Waals surface area contributed by atoms with Crippen molar-refractivity contribution in [3.63, 3.8) is 0 Å². The fourth-order valence-electron chi connectivity index (χ4n) is 3.32. The van der Waals surface area contributed by atoms with Crippen molar-refractivity contribution in [1.29, 1.82) is 10.5 Å². The number of nitrogens with two attached hydrogens (primary N) is 1. The summed E-state index contributed by atoms with van der Waals surface area (Å²) >= 11 is 0. The Morgan fingerprint density at radius 2 is 1.70 bits per heavy atom. The molecule has 5 nitrogen and oxygen atoms in total. The average molecular weight is 356 g/mol. The number of benzene rings is 2. The van der Waals surface area contributed by atoms with Crippen LogP contribution in [0.25, 0.3) is 16.7 Å². The van der Waals surface area contributed by atoms with Crippen LogP contribution in [-0.4, -0.2) is 4.98 Å². The Hall–Kier alpha value is -4.03. The average Bonchev–Trinajstić information content (AvgIpc) is 3.12. The Labute approximate surface area is 154 Å². The highest BCUT2D eigenvalue weighted by Crippen LogP contribution is 2.43. The molecule has 1 aliphatic heterocycles. The Bertz CT molecular complexity index is 1190. The smallest absolute Gasteiger partial charge is 0.205 e. The van der Waals surface area contributed by atoms with Crippen LogP contribution in [0.2, 0.25) is 0 Å². The Kier molecular flexibility index (Phi) is 3.87. The van der Waals surface area contributed by atoms with Crippen LogP contribution in [0.15, 0.2) is 71.8 Å². The molecule has 0 radical (unpaired) electrons. The van der Waals surface area contributed by atoms with Crippen LogP contribution in [0.5, 0.6) is 0 Å². The van der Waals surface area contributed by atoms with Crippen molar-refractivity contribution in [2.75, 3.05) is 0 Å². The number of rotatable bonds is 2. The van der Waals surface area contributed by atoms with Crippen molar-refractivity contribution in [1.82, 2.24) is 4.98 Å². The van der Waals surface area contributed by atoms with Gasteiger partial charge in [-0.3, -0.25) is 0 Å². The summed E-state index contributed by atoms with van der Waals surface area (Å²) in [6.07, 6.45) is 1.74. The normalized spacial score (nSPS) is 16.8. The van der Waals surface area contributed by atoms with Crippen LogP contribution in [0, 0.1) is 28.5 Å². The fraction of sp³-hybridized carbons (Fsp3) is 0.0476. The van der Waals surface area contributed by atoms with Gasteiger partial charge in [0.15, 0.2) is 5.76 Å². The molecule has 2 aromatic carbocycles. The maximum atomic E-state index is 13.4. The minimum Gasteiger partial charge on any atom is -0.439 e. The molecule has 0 aliphatic carbocycles. The third-order valence-corrected chi connectivity index (χ3v) is 4.58. The van der Waals surface area contributed by atoms with Gasteiger partial charge in [-0.15, -0.1) is 0 Å². The highest BCUT2D eigenvalue weighted by atomic mass is 19.1. The van der Waals surface area contributed by atoms with Gasteiger partial charge in [0.05, 0.1) is 17.6 Å². The number of para-hydroxylation sites is 1. The number of allylic oxidation sites excluding steroid dienone is 2. The van der Waals surface area contributed by atoms with Crippen molar-refractivity contribution in [3.8, 4) is 12.1 Å². The number of hydrogen-bond donors (Lipinski definition) is 2. The number of nitriles is 2. The van der Waals surface area contributed by atoms with Crippen molar-refractivity contribution in [2.24, 2.45) is 5.73 Å². The van der Waals surface area contributed by atoms with Gasteiger partial charge in [0, 0.05) is 22.7 Å². The second kappa shape index (κ2) is 6.36. The van der Waals surface area contributed by atoms with E-state index >= 15 is 0 Å². The second-order valence-corrected chi connectivity index (χ2v) is 6.08. The molecule has 6 heteroatoms. The number of nitrogens with one attached hydrogen (secondary N) is 1. The first-order valence-electron chi connectivity index (χ1n) is 8.18. The number of hydrogen-bond acceptors (Lipinski definition) is 4. The van der Waals surface area contributed by atoms with Gasteiger partial charge in [-0.1, -0.05) is 30.3 Å². The predicted octanol–water partition coefficient (Wildman–Crippen LogP) is 4.05. The Morgan fingerprint density at radius 1 is 1.00 bits per heavy atom. The van der Waals surface area contributed by atoms with E-state index in [0.717, 1.165) is 10.9 Å². The molecule has 4 rings (SSSR count). The third kappa shape index (κ3) is 2.61. The lowest BCUT2D eigenvalue weighted by Gasteiger charge is -2.25. The summed E-state index contributed by atoms with van der Waals surface area (Å²) in [6, 6.07) is 17.4. The van der Waals surface area contributed by atoms with E-state index in [0.29, 0.717) is 16.9 Å². The third-order valence-electron chi connectivity index (χ3n) is 4.58. The van der Waals surface area contributed by atoms with Gasteiger partial charge in [-0.05, 0) is 23.8 Å². The fourth-order valence-corrected chi connectivity index (χ4v) is 3.32. The molecule has 0 saturated heterocycles. The molecule has 1 aromatic heterocycles. The van der Waals surface area contributed by atoms with E-state index in [2.05, 4.69) is 11.1 Å². The van der Waals surface area contributed by atoms with Crippen LogP contribution in [0.3, 0.4) is 0 Å². The summed E-state index contributed by atoms with van der Waals surface area (Å²) in [6.45, 7) is 0. The Balaban J connectivity index is 1.97. The van der Waals surface area contributed by atoms with Crippen molar-refractivity contribution in [3.05, 3.63) is 88.7 Å². The van der Waals surface area contributed by atoms with E-state index in [-0.39, 0.29) is 17.0 Å². The number of halogens is 1. The number of aromatic nitrogens is 1. The van der Waals surface area contributed by atoms with Gasteiger partial charge < -0.3 is 15.5 Å². The monoisotopic (exact) mass is 356 g/mol. The maximum absolute atomic E-state index is 13.4. The van der Waals surface area contributed by atoms with E-state index in [1.807, 2.05) is 30.3 Å². The van der Waals surface area contributed by atoms with E-state index in [4.69, 9.17) is 10.5 Å². The zero-order valence-corrected chi connectivity index (χ0v) is 14.0. The first kappa shape index (κ1) is 16.4. The molecule has 3 aromatic rings. The van der Waals surface area contributed by atoms with Crippen LogP contribution < -0.4 is 5.73 Å². The van der Waals surface area contributed by atoms with Crippen molar-refractivity contribution >= 4 is 16.7 Å². The minimum atomic E-state index is -0.724. The van der Waals surface area contributed by atoms with Gasteiger partial charge >= 0.3 is 0 Å². The van der Waals surface area contributed by atoms with E-state index < -0.39 is 11.7 Å². The molecule has 0 saturated carbocycles. The van der Waals surface area contributed by atoms with Crippen LogP contribution in [0.1, 0.15) is 17.0 Å². The molecule has 1 aliphatic rings. The molecule has 130 valence electrons. The molecule has 0 amide bonds. The van der Waals surface area contributed by atoms with Crippen LogP contribution >= 0.6 is 0 Å². The summed E-state index contributed by atoms with van der Waals surface area (Å²) < 4.78 is 19.1. The number of H-pyrrole nitrogens is 1. The molecule has 0 fully saturated rings. The quantitative estimate of drug-likeness (QED) is 0.723. The minimum absolute atomic E-state index is 0.0638. The van der Waals surface area contributed by atoms with E-state index in [1.165, 1.54) is 12.1 Å². The summed E-state index contributed by atoms with van der Waals surface area (Å²) in [5.41, 5.74) is 8.53. The molecule has 0 bridgehead atoms. The largest absolute Gasteiger partial charge is 0.439 e. The highest BCUT2D eigenvalue weighted by molar-refractivity contribution is 5.93. The SMILES string of the molecule is N#CC1=C(N)OC(c2c[nH]c3ccccc23)=C(C#N)C1c1ccc(F)cc1. The number of ether oxygens (including phenoxy) is 1. The lowest BCUT2D eigenvalue weighted by molar-refractivity contribution is 0.358. The molecular weight excluding hydrogens is 343 g/mol. The number of aromatic amines is 1. The second-order valence-electron chi connectivity index (χ2n) is 6.08. The molecule has 3 N–H and O–H groups in total. The molecule has 0 spiro atoms. The van der Waals surface area contributed by atoms with Gasteiger partial charge in [0.2, 0.25) is 5.88 Å². The van der Waals surface area contributed by atoms with Crippen molar-refractivity contribution in [2.45, 2.75) is 5.92 Å². The van der Waals surface area contributed by atoms with E-state index in [1.54, 1.807) is 18.3 Å². The summed E-state index contributed by atoms with van der Waals surface area (Å²) in [7, 11) is 0. The van der Waals surface area contributed by atoms with Gasteiger partial charge in [0.1, 0.15) is 17.5 Å². The highest BCUT2D eigenvalue weighted by Gasteiger charge is 2.34. The first-order valence-corrected chi connectivity index (χ1v) is 8.18. The molecule has 27 heavy (non-hydrogen) atoms. The summed E-state index contributed by atoms with van der Waals surface area (Å²) in [5, 5.41) is 20.3. The number of nitrogens with zero attached hydrogens (tertiary/aromatic N) is 2. The van der Waals surface area contributed by atoms with Gasteiger partial charge in [0.25, 0.3) is 0 Å². The molecular formula is C21H13FN4O. The molecule has 1 atom stereocenters. The lowest BCUT2D eigenvalue weighted by Crippen LogP contribution is -2.20. The topological polar surface area (TPSA) is 98.6 Å². The van der Waals surface area contributed by atoms with Gasteiger partial charge in [-0.25, -0.2) is 4.39 Å². The zero-order valence-electron chi connectivity index (χ0n) is 14.0. The van der Waals surface area contributed by atoms with E-state index in [9.17, 15) is 14.9 Å². The molecule has 1 unspecified atom stereocenters. The zero-order chi connectivity index (χ0) is 19.0. The van der Waals surface area contributed by atoms with Crippen molar-refractivity contribution < 1.29 is 9.13 Å². The molecule has 2 heterocycles. The maximum Gasteiger partial charge on any atom is 0.205 e.